The molecule has 17 N–H and O–H groups in total. The van der Waals surface area contributed by atoms with Crippen LogP contribution < -0.4 is 0 Å². The minimum atomic E-state index is -0.707. The van der Waals surface area contributed by atoms with Crippen molar-refractivity contribution in [1.82, 2.24) is 0 Å². The summed E-state index contributed by atoms with van der Waals surface area (Å²) >= 11 is 0. The molecule has 0 amide bonds. The molecule has 110 heavy (non-hydrogen) atoms. The first-order chi connectivity index (χ1) is 50.8. The molecule has 18 heteroatoms. The van der Waals surface area contributed by atoms with Gasteiger partial charge >= 0.3 is 0 Å². The molecular weight excluding hydrogens is 1390 g/mol. The summed E-state index contributed by atoms with van der Waals surface area (Å²) in [5.41, 5.74) is -0.0786. The van der Waals surface area contributed by atoms with E-state index in [0.717, 1.165) is 153 Å². The predicted octanol–water partition coefficient (Wildman–Crippen LogP) is 14.9. The molecule has 0 heterocycles. The number of rotatable bonds is 4. The molecule has 0 aliphatic heterocycles. The van der Waals surface area contributed by atoms with E-state index in [0.29, 0.717) is 36.2 Å². The van der Waals surface area contributed by atoms with Crippen LogP contribution in [0.2, 0.25) is 0 Å². The van der Waals surface area contributed by atoms with Crippen LogP contribution in [0.1, 0.15) is 340 Å². The Bertz CT molecular complexity index is 2540. The average Bonchev–Trinajstić information content (AvgIpc) is 0.736. The van der Waals surface area contributed by atoms with Crippen LogP contribution in [0.25, 0.3) is 0 Å². The number of carbonyl (C=O) groups is 1. The number of benzene rings is 2. The minimum absolute atomic E-state index is 0.0349. The van der Waals surface area contributed by atoms with Crippen molar-refractivity contribution in [2.45, 2.75) is 400 Å². The third-order valence-electron chi connectivity index (χ3n) is 23.1. The number of hydrogen-bond acceptors (Lipinski definition) is 18. The van der Waals surface area contributed by atoms with Gasteiger partial charge in [-0.2, -0.15) is 0 Å². The second-order valence-corrected chi connectivity index (χ2v) is 39.3. The molecule has 14 aliphatic carbocycles. The smallest absolute Gasteiger partial charge is 0.126 e. The van der Waals surface area contributed by atoms with Gasteiger partial charge in [-0.25, -0.2) is 0 Å². The van der Waals surface area contributed by atoms with E-state index in [1.165, 1.54) is 102 Å². The van der Waals surface area contributed by atoms with E-state index in [9.17, 15) is 50.8 Å². The molecule has 8 bridgehead atoms. The Morgan fingerprint density at radius 2 is 0.855 bits per heavy atom. The molecule has 16 rings (SSSR count). The van der Waals surface area contributed by atoms with Gasteiger partial charge in [-0.3, -0.25) is 0 Å². The number of aliphatic hydroxyl groups is 17. The molecule has 18 nitrogen and oxygen atoms in total. The Labute approximate surface area is 669 Å². The van der Waals surface area contributed by atoms with Crippen LogP contribution in [0.5, 0.6) is 0 Å². The summed E-state index contributed by atoms with van der Waals surface area (Å²) in [5, 5.41) is 151. The SMILES string of the molecule is CC(C)(C)O.CC(C)(C)O.CC(C)(C)O.CC(C)(O)C1CCCCC1.CC(C)(O)c1ccccc1.CC1(C)C(O)C(C)(C)C1O.CC1(O)CCCCC1.CO.CO.CO.O=CC12CC3CC(C1)CC(CO)(C3)C2.OC1C2CC3CC1CC(C2)C3O.OC1C=CCCC1.OC1CCCCC1.OC1CCCc2ccccc21. The fourth-order valence-electron chi connectivity index (χ4n) is 18.4. The molecule has 14 aliphatic rings. The summed E-state index contributed by atoms with van der Waals surface area (Å²) in [6.45, 7) is 32.9. The van der Waals surface area contributed by atoms with Crippen molar-refractivity contribution in [1.29, 1.82) is 0 Å². The molecule has 4 unspecified atom stereocenters. The van der Waals surface area contributed by atoms with E-state index in [2.05, 4.69) is 6.07 Å². The molecular formula is C92H170O18. The fraction of sp³-hybridized carbons (Fsp3) is 0.837. The number of hydrogen-bond donors (Lipinski definition) is 17. The van der Waals surface area contributed by atoms with Gasteiger partial charge in [0.1, 0.15) is 6.29 Å². The lowest BCUT2D eigenvalue weighted by Gasteiger charge is -2.60. The fourth-order valence-corrected chi connectivity index (χ4v) is 18.4. The Hall–Kier alpha value is -2.83. The zero-order chi connectivity index (χ0) is 84.9. The Kier molecular flexibility index (Phi) is 49.4. The summed E-state index contributed by atoms with van der Waals surface area (Å²) in [5.74, 6) is 4.11. The topological polar surface area (TPSA) is 361 Å². The monoisotopic (exact) mass is 1560 g/mol. The summed E-state index contributed by atoms with van der Waals surface area (Å²) < 4.78 is 0. The second-order valence-electron chi connectivity index (χ2n) is 39.3. The van der Waals surface area contributed by atoms with Crippen molar-refractivity contribution in [3.05, 3.63) is 83.4 Å². The maximum absolute atomic E-state index is 11.2. The molecule has 0 spiro atoms. The number of carbonyl (C=O) groups excluding carboxylic acids is 1. The van der Waals surface area contributed by atoms with Crippen molar-refractivity contribution >= 4 is 6.29 Å². The van der Waals surface area contributed by atoms with Crippen molar-refractivity contribution in [3.63, 3.8) is 0 Å². The quantitative estimate of drug-likeness (QED) is 0.0998. The van der Waals surface area contributed by atoms with Gasteiger partial charge in [0.25, 0.3) is 0 Å². The normalized spacial score (nSPS) is 30.5. The maximum atomic E-state index is 11.2. The average molecular weight is 1560 g/mol. The van der Waals surface area contributed by atoms with Gasteiger partial charge < -0.3 is 91.6 Å². The second kappa shape index (κ2) is 50.7. The first-order valence-electron chi connectivity index (χ1n) is 42.2. The van der Waals surface area contributed by atoms with Crippen LogP contribution >= 0.6 is 0 Å². The first kappa shape index (κ1) is 107. The molecule has 0 radical (unpaired) electrons. The van der Waals surface area contributed by atoms with E-state index < -0.39 is 28.0 Å². The third kappa shape index (κ3) is 42.3. The highest BCUT2D eigenvalue weighted by molar-refractivity contribution is 5.61. The number of allylic oxidation sites excluding steroid dienone is 1. The van der Waals surface area contributed by atoms with Crippen LogP contribution in [0.4, 0.5) is 0 Å². The highest BCUT2D eigenvalue weighted by Gasteiger charge is 2.61. The van der Waals surface area contributed by atoms with Gasteiger partial charge in [0.2, 0.25) is 0 Å². The standard InChI is InChI=1S/C12H18O2.C10H16O2.C10H12O.C9H18O.C9H12O.C8H16O2.C7H14O.C6H12O.C6H10O.3C4H10O.3CH4O/c13-7-11-2-9-1-10(4-11)5-12(3-9,6-11)8-14;11-9-5-1-6-3-8(9)4-7(2-5)10(6)12;11-10-7-3-5-8-4-1-2-6-9(8)10;2*1-9(2,10)8-6-4-3-5-7-8;1-7(2)5(9)8(3,4)6(7)10;1-7(8)5-3-2-4-6-7;2*7-6-4-2-1-3-5-6;3*1-4(2,3)5;3*1-2/h7,9-10,14H,1-6,8H2;5-12H,1-4H2;1-2,4,6,10-11H,3,5,7H2;8,10H,3-7H2,1-2H3;3-7,10H,1-2H3;5-6,9-10H,1-4H3;8H,2-6H2,1H3;6-7H,1-5H2;2,4,6-7H,1,3,5H2;3*5H,1-3H3;3*2H,1H3. The molecule has 646 valence electrons. The van der Waals surface area contributed by atoms with Crippen molar-refractivity contribution in [2.24, 2.45) is 63.1 Å². The molecule has 12 saturated carbocycles. The summed E-state index contributed by atoms with van der Waals surface area (Å²) in [7, 11) is 3.00. The number of aldehydes is 1. The van der Waals surface area contributed by atoms with Gasteiger partial charge in [0, 0.05) is 44.2 Å². The number of aliphatic hydroxyl groups excluding tert-OH is 11. The van der Waals surface area contributed by atoms with E-state index in [1.807, 2.05) is 109 Å². The lowest BCUT2D eigenvalue weighted by atomic mass is 9.45. The zero-order valence-corrected chi connectivity index (χ0v) is 73.1. The van der Waals surface area contributed by atoms with Crippen molar-refractivity contribution in [2.75, 3.05) is 27.9 Å². The van der Waals surface area contributed by atoms with E-state index >= 15 is 0 Å². The molecule has 0 saturated heterocycles. The molecule has 2 aromatic carbocycles. The largest absolute Gasteiger partial charge is 0.400 e. The van der Waals surface area contributed by atoms with Crippen LogP contribution in [0, 0.1) is 63.1 Å². The Morgan fingerprint density at radius 1 is 0.464 bits per heavy atom. The van der Waals surface area contributed by atoms with Crippen molar-refractivity contribution in [3.8, 4) is 0 Å². The number of fused-ring (bicyclic) bond motifs is 1. The lowest BCUT2D eigenvalue weighted by Crippen LogP contribution is -2.67. The van der Waals surface area contributed by atoms with Gasteiger partial charge in [0.05, 0.1) is 76.3 Å². The molecule has 12 fully saturated rings. The van der Waals surface area contributed by atoms with Crippen LogP contribution in [-0.2, 0) is 16.8 Å². The summed E-state index contributed by atoms with van der Waals surface area (Å²) in [4.78, 5) is 11.2. The van der Waals surface area contributed by atoms with Gasteiger partial charge in [-0.1, -0.05) is 152 Å². The van der Waals surface area contributed by atoms with E-state index in [-0.39, 0.29) is 70.0 Å². The minimum Gasteiger partial charge on any atom is -0.400 e. The molecule has 2 aromatic rings. The Balaban J connectivity index is 0.00000118. The highest BCUT2D eigenvalue weighted by atomic mass is 16.3. The Morgan fingerprint density at radius 3 is 1.14 bits per heavy atom. The summed E-state index contributed by atoms with van der Waals surface area (Å²) in [6, 6.07) is 17.8. The third-order valence-corrected chi connectivity index (χ3v) is 23.1. The highest BCUT2D eigenvalue weighted by Crippen LogP contribution is 2.64. The summed E-state index contributed by atoms with van der Waals surface area (Å²) in [6.07, 6.45) is 39.6. The van der Waals surface area contributed by atoms with Gasteiger partial charge in [0.15, 0.2) is 0 Å². The van der Waals surface area contributed by atoms with Crippen LogP contribution in [-0.4, -0.2) is 186 Å². The van der Waals surface area contributed by atoms with E-state index in [1.54, 1.807) is 76.2 Å². The van der Waals surface area contributed by atoms with E-state index in [4.69, 9.17) is 40.9 Å². The maximum Gasteiger partial charge on any atom is 0.126 e. The first-order valence-corrected chi connectivity index (χ1v) is 42.2. The van der Waals surface area contributed by atoms with Gasteiger partial charge in [-0.15, -0.1) is 0 Å². The van der Waals surface area contributed by atoms with Crippen LogP contribution in [0.15, 0.2) is 66.7 Å². The van der Waals surface area contributed by atoms with Crippen molar-refractivity contribution < 1.29 is 91.6 Å². The zero-order valence-electron chi connectivity index (χ0n) is 73.1. The van der Waals surface area contributed by atoms with Crippen LogP contribution in [0.3, 0.4) is 0 Å². The molecule has 4 atom stereocenters. The number of aryl methyl sites for hydroxylation is 1. The molecule has 0 aromatic heterocycles. The lowest BCUT2D eigenvalue weighted by molar-refractivity contribution is -0.247. The van der Waals surface area contributed by atoms with Gasteiger partial charge in [-0.05, 0) is 302 Å². The predicted molar refractivity (Wildman–Crippen MR) is 448 cm³/mol.